The highest BCUT2D eigenvalue weighted by Crippen LogP contribution is 2.15. The summed E-state index contributed by atoms with van der Waals surface area (Å²) in [5.41, 5.74) is 2.49. The highest BCUT2D eigenvalue weighted by molar-refractivity contribution is 5.73. The summed E-state index contributed by atoms with van der Waals surface area (Å²) in [5, 5.41) is 0. The second-order valence-electron chi connectivity index (χ2n) is 4.81. The van der Waals surface area contributed by atoms with Gasteiger partial charge in [0.25, 0.3) is 0 Å². The molecule has 1 aliphatic rings. The highest BCUT2D eigenvalue weighted by Gasteiger charge is 2.20. The molecule has 15 heavy (non-hydrogen) atoms. The van der Waals surface area contributed by atoms with E-state index in [1.807, 2.05) is 4.90 Å². The first-order chi connectivity index (χ1) is 7.09. The Morgan fingerprint density at radius 3 is 2.93 bits per heavy atom. The molecule has 0 aromatic carbocycles. The smallest absolute Gasteiger partial charge is 0.323 e. The average Bonchev–Trinajstić information content (AvgIpc) is 2.17. The molecule has 4 heteroatoms. The van der Waals surface area contributed by atoms with Crippen LogP contribution in [0.3, 0.4) is 0 Å². The van der Waals surface area contributed by atoms with Gasteiger partial charge in [-0.2, -0.15) is 0 Å². The van der Waals surface area contributed by atoms with Gasteiger partial charge in [0, 0.05) is 13.1 Å². The number of amides is 2. The maximum Gasteiger partial charge on any atom is 0.341 e. The van der Waals surface area contributed by atoms with Crippen LogP contribution in [0.15, 0.2) is 0 Å². The van der Waals surface area contributed by atoms with Crippen LogP contribution < -0.4 is 5.48 Å². The van der Waals surface area contributed by atoms with E-state index in [9.17, 15) is 4.79 Å². The molecular formula is C11H22N2O2. The molecule has 0 spiro atoms. The Morgan fingerprint density at radius 1 is 1.60 bits per heavy atom. The van der Waals surface area contributed by atoms with Crippen molar-refractivity contribution < 1.29 is 9.63 Å². The van der Waals surface area contributed by atoms with Gasteiger partial charge in [-0.25, -0.2) is 10.3 Å². The SMILES string of the molecule is CC(C)CONC(=O)N1CCCC(C)C1. The molecule has 88 valence electrons. The molecule has 0 radical (unpaired) electrons. The van der Waals surface area contributed by atoms with Gasteiger partial charge in [0.2, 0.25) is 0 Å². The normalized spacial score (nSPS) is 21.9. The third kappa shape index (κ3) is 4.51. The Balaban J connectivity index is 2.21. The van der Waals surface area contributed by atoms with Crippen LogP contribution in [-0.4, -0.2) is 30.6 Å². The molecule has 0 saturated carbocycles. The van der Waals surface area contributed by atoms with Crippen molar-refractivity contribution in [3.63, 3.8) is 0 Å². The zero-order valence-corrected chi connectivity index (χ0v) is 9.95. The summed E-state index contributed by atoms with van der Waals surface area (Å²) in [6.45, 7) is 8.53. The number of hydrogen-bond donors (Lipinski definition) is 1. The van der Waals surface area contributed by atoms with Crippen LogP contribution in [0, 0.1) is 11.8 Å². The maximum absolute atomic E-state index is 11.6. The summed E-state index contributed by atoms with van der Waals surface area (Å²) in [7, 11) is 0. The van der Waals surface area contributed by atoms with E-state index in [1.54, 1.807) is 0 Å². The van der Waals surface area contributed by atoms with Gasteiger partial charge in [-0.05, 0) is 24.7 Å². The van der Waals surface area contributed by atoms with E-state index in [0.717, 1.165) is 19.5 Å². The molecule has 1 heterocycles. The fourth-order valence-corrected chi connectivity index (χ4v) is 1.71. The Bertz CT molecular complexity index is 207. The first-order valence-corrected chi connectivity index (χ1v) is 5.76. The number of likely N-dealkylation sites (tertiary alicyclic amines) is 1. The number of nitrogens with one attached hydrogen (secondary N) is 1. The average molecular weight is 214 g/mol. The molecule has 1 saturated heterocycles. The maximum atomic E-state index is 11.6. The van der Waals surface area contributed by atoms with Gasteiger partial charge in [-0.3, -0.25) is 4.84 Å². The lowest BCUT2D eigenvalue weighted by Gasteiger charge is -2.30. The topological polar surface area (TPSA) is 41.6 Å². The zero-order valence-electron chi connectivity index (χ0n) is 9.95. The fraction of sp³-hybridized carbons (Fsp3) is 0.909. The molecule has 0 bridgehead atoms. The second-order valence-corrected chi connectivity index (χ2v) is 4.81. The van der Waals surface area contributed by atoms with E-state index in [1.165, 1.54) is 6.42 Å². The van der Waals surface area contributed by atoms with Crippen molar-refractivity contribution in [3.8, 4) is 0 Å². The standard InChI is InChI=1S/C11H22N2O2/c1-9(2)8-15-12-11(14)13-6-4-5-10(3)7-13/h9-10H,4-8H2,1-3H3,(H,12,14). The molecule has 1 fully saturated rings. The fourth-order valence-electron chi connectivity index (χ4n) is 1.71. The van der Waals surface area contributed by atoms with Crippen LogP contribution in [0.25, 0.3) is 0 Å². The van der Waals surface area contributed by atoms with Gasteiger partial charge in [0.1, 0.15) is 0 Å². The molecule has 1 N–H and O–H groups in total. The Labute approximate surface area is 91.9 Å². The number of carbonyl (C=O) groups excluding carboxylic acids is 1. The van der Waals surface area contributed by atoms with Gasteiger partial charge < -0.3 is 4.90 Å². The van der Waals surface area contributed by atoms with E-state index in [0.29, 0.717) is 18.4 Å². The van der Waals surface area contributed by atoms with Crippen LogP contribution in [0.2, 0.25) is 0 Å². The Morgan fingerprint density at radius 2 is 2.33 bits per heavy atom. The quantitative estimate of drug-likeness (QED) is 0.730. The molecule has 1 aliphatic heterocycles. The van der Waals surface area contributed by atoms with Crippen molar-refractivity contribution in [2.75, 3.05) is 19.7 Å². The number of carbonyl (C=O) groups is 1. The monoisotopic (exact) mass is 214 g/mol. The molecule has 1 rings (SSSR count). The summed E-state index contributed by atoms with van der Waals surface area (Å²) < 4.78 is 0. The van der Waals surface area contributed by atoms with E-state index >= 15 is 0 Å². The van der Waals surface area contributed by atoms with Gasteiger partial charge >= 0.3 is 6.03 Å². The van der Waals surface area contributed by atoms with Crippen molar-refractivity contribution in [3.05, 3.63) is 0 Å². The van der Waals surface area contributed by atoms with E-state index in [4.69, 9.17) is 4.84 Å². The lowest BCUT2D eigenvalue weighted by molar-refractivity contribution is 0.0287. The third-order valence-electron chi connectivity index (χ3n) is 2.52. The zero-order chi connectivity index (χ0) is 11.3. The first kappa shape index (κ1) is 12.3. The minimum absolute atomic E-state index is 0.0952. The predicted octanol–water partition coefficient (Wildman–Crippen LogP) is 2.02. The van der Waals surface area contributed by atoms with Gasteiger partial charge in [0.05, 0.1) is 6.61 Å². The molecule has 0 aromatic heterocycles. The predicted molar refractivity (Wildman–Crippen MR) is 59.3 cm³/mol. The lowest BCUT2D eigenvalue weighted by Crippen LogP contribution is -2.45. The van der Waals surface area contributed by atoms with E-state index < -0.39 is 0 Å². The molecule has 1 atom stereocenters. The molecule has 0 aromatic rings. The van der Waals surface area contributed by atoms with E-state index in [-0.39, 0.29) is 6.03 Å². The summed E-state index contributed by atoms with van der Waals surface area (Å²) >= 11 is 0. The summed E-state index contributed by atoms with van der Waals surface area (Å²) in [6, 6.07) is -0.0952. The van der Waals surface area contributed by atoms with Crippen molar-refractivity contribution in [2.24, 2.45) is 11.8 Å². The summed E-state index contributed by atoms with van der Waals surface area (Å²) in [4.78, 5) is 18.5. The largest absolute Gasteiger partial charge is 0.341 e. The summed E-state index contributed by atoms with van der Waals surface area (Å²) in [6.07, 6.45) is 2.31. The Kier molecular flexibility index (Phi) is 4.88. The van der Waals surface area contributed by atoms with E-state index in [2.05, 4.69) is 26.3 Å². The van der Waals surface area contributed by atoms with Gasteiger partial charge in [0.15, 0.2) is 0 Å². The number of rotatable bonds is 3. The van der Waals surface area contributed by atoms with Crippen molar-refractivity contribution in [2.45, 2.75) is 33.6 Å². The minimum atomic E-state index is -0.0952. The highest BCUT2D eigenvalue weighted by atomic mass is 16.7. The molecule has 1 unspecified atom stereocenters. The Hall–Kier alpha value is -0.770. The first-order valence-electron chi connectivity index (χ1n) is 5.76. The molecule has 4 nitrogen and oxygen atoms in total. The van der Waals surface area contributed by atoms with Crippen LogP contribution in [0.1, 0.15) is 33.6 Å². The van der Waals surface area contributed by atoms with Crippen LogP contribution in [-0.2, 0) is 4.84 Å². The van der Waals surface area contributed by atoms with Crippen LogP contribution in [0.5, 0.6) is 0 Å². The van der Waals surface area contributed by atoms with Crippen molar-refractivity contribution >= 4 is 6.03 Å². The van der Waals surface area contributed by atoms with Gasteiger partial charge in [-0.15, -0.1) is 0 Å². The number of hydroxylamine groups is 1. The second kappa shape index (κ2) is 5.95. The van der Waals surface area contributed by atoms with Crippen LogP contribution >= 0.6 is 0 Å². The summed E-state index contributed by atoms with van der Waals surface area (Å²) in [5.74, 6) is 1.04. The minimum Gasteiger partial charge on any atom is -0.323 e. The number of piperidine rings is 1. The third-order valence-corrected chi connectivity index (χ3v) is 2.52. The molecular weight excluding hydrogens is 192 g/mol. The number of urea groups is 1. The lowest BCUT2D eigenvalue weighted by atomic mass is 10.0. The van der Waals surface area contributed by atoms with Crippen LogP contribution in [0.4, 0.5) is 4.79 Å². The number of hydrogen-bond acceptors (Lipinski definition) is 2. The van der Waals surface area contributed by atoms with Crippen molar-refractivity contribution in [1.29, 1.82) is 0 Å². The molecule has 0 aliphatic carbocycles. The van der Waals surface area contributed by atoms with Gasteiger partial charge in [-0.1, -0.05) is 20.8 Å². The number of nitrogens with zero attached hydrogens (tertiary/aromatic N) is 1. The van der Waals surface area contributed by atoms with Crippen molar-refractivity contribution in [1.82, 2.24) is 10.4 Å². The molecule has 2 amide bonds.